The quantitative estimate of drug-likeness (QED) is 0.703. The molecule has 3 nitrogen and oxygen atoms in total. The van der Waals surface area contributed by atoms with Crippen molar-refractivity contribution in [1.82, 2.24) is 4.98 Å². The minimum atomic E-state index is -1.09. The number of carbonyl (C=O) groups is 1. The van der Waals surface area contributed by atoms with Gasteiger partial charge in [-0.05, 0) is 12.1 Å². The van der Waals surface area contributed by atoms with Crippen LogP contribution in [0, 0.1) is 5.82 Å². The number of halogens is 1. The third kappa shape index (κ3) is 1.16. The fraction of sp³-hybridized carbons (Fsp3) is 0. The predicted octanol–water partition coefficient (Wildman–Crippen LogP) is 2.01. The van der Waals surface area contributed by atoms with E-state index in [9.17, 15) is 9.18 Å². The molecule has 0 saturated heterocycles. The van der Waals surface area contributed by atoms with Gasteiger partial charge in [-0.2, -0.15) is 0 Å². The van der Waals surface area contributed by atoms with Crippen LogP contribution in [0.4, 0.5) is 4.39 Å². The topological polar surface area (TPSA) is 53.1 Å². The van der Waals surface area contributed by atoms with Crippen LogP contribution < -0.4 is 0 Å². The lowest BCUT2D eigenvalue weighted by atomic mass is 10.2. The van der Waals surface area contributed by atoms with Gasteiger partial charge in [-0.1, -0.05) is 12.1 Å². The van der Waals surface area contributed by atoms with Gasteiger partial charge < -0.3 is 10.1 Å². The van der Waals surface area contributed by atoms with Gasteiger partial charge >= 0.3 is 5.97 Å². The SMILES string of the molecule is O=C(O)c1cc2cccc(F)c2[nH]1. The first-order chi connectivity index (χ1) is 6.18. The molecule has 0 aliphatic carbocycles. The van der Waals surface area contributed by atoms with Gasteiger partial charge in [-0.15, -0.1) is 0 Å². The van der Waals surface area contributed by atoms with Crippen molar-refractivity contribution in [1.29, 1.82) is 0 Å². The molecule has 1 aromatic carbocycles. The average molecular weight is 179 g/mol. The number of carboxylic acid groups (broad SMARTS) is 1. The third-order valence-electron chi connectivity index (χ3n) is 1.84. The molecule has 0 radical (unpaired) electrons. The van der Waals surface area contributed by atoms with Crippen molar-refractivity contribution in [2.75, 3.05) is 0 Å². The average Bonchev–Trinajstić information content (AvgIpc) is 2.49. The molecule has 0 aliphatic heterocycles. The first kappa shape index (κ1) is 7.79. The van der Waals surface area contributed by atoms with Crippen molar-refractivity contribution in [3.8, 4) is 0 Å². The zero-order valence-corrected chi connectivity index (χ0v) is 6.54. The Morgan fingerprint density at radius 1 is 1.46 bits per heavy atom. The van der Waals surface area contributed by atoms with Crippen molar-refractivity contribution >= 4 is 16.9 Å². The van der Waals surface area contributed by atoms with Crippen molar-refractivity contribution in [2.45, 2.75) is 0 Å². The number of aromatic amines is 1. The lowest BCUT2D eigenvalue weighted by Gasteiger charge is -1.89. The maximum absolute atomic E-state index is 13.0. The molecule has 2 N–H and O–H groups in total. The highest BCUT2D eigenvalue weighted by molar-refractivity contribution is 5.93. The number of benzene rings is 1. The third-order valence-corrected chi connectivity index (χ3v) is 1.84. The molecule has 1 aromatic heterocycles. The van der Waals surface area contributed by atoms with E-state index < -0.39 is 11.8 Å². The van der Waals surface area contributed by atoms with E-state index in [0.717, 1.165) is 0 Å². The summed E-state index contributed by atoms with van der Waals surface area (Å²) >= 11 is 0. The van der Waals surface area contributed by atoms with Crippen molar-refractivity contribution in [2.24, 2.45) is 0 Å². The Morgan fingerprint density at radius 2 is 2.23 bits per heavy atom. The van der Waals surface area contributed by atoms with E-state index in [1.807, 2.05) is 0 Å². The lowest BCUT2D eigenvalue weighted by Crippen LogP contribution is -1.95. The highest BCUT2D eigenvalue weighted by atomic mass is 19.1. The number of para-hydroxylation sites is 1. The summed E-state index contributed by atoms with van der Waals surface area (Å²) in [6, 6.07) is 5.88. The number of carboxylic acids is 1. The van der Waals surface area contributed by atoms with Crippen LogP contribution in [0.3, 0.4) is 0 Å². The van der Waals surface area contributed by atoms with E-state index in [2.05, 4.69) is 4.98 Å². The normalized spacial score (nSPS) is 10.5. The van der Waals surface area contributed by atoms with Gasteiger partial charge in [0.25, 0.3) is 0 Å². The minimum absolute atomic E-state index is 0.0000926. The number of rotatable bonds is 1. The maximum atomic E-state index is 13.0. The summed E-state index contributed by atoms with van der Waals surface area (Å²) in [6.45, 7) is 0. The maximum Gasteiger partial charge on any atom is 0.352 e. The second-order valence-electron chi connectivity index (χ2n) is 2.69. The molecule has 0 fully saturated rings. The van der Waals surface area contributed by atoms with Crippen molar-refractivity contribution in [3.63, 3.8) is 0 Å². The summed E-state index contributed by atoms with van der Waals surface area (Å²) in [5.41, 5.74) is 0.236. The fourth-order valence-electron chi connectivity index (χ4n) is 1.23. The van der Waals surface area contributed by atoms with Crippen LogP contribution in [-0.4, -0.2) is 16.1 Å². The summed E-state index contributed by atoms with van der Waals surface area (Å²) in [5.74, 6) is -1.53. The Hall–Kier alpha value is -1.84. The van der Waals surface area contributed by atoms with Gasteiger partial charge in [0.2, 0.25) is 0 Å². The van der Waals surface area contributed by atoms with Crippen molar-refractivity contribution in [3.05, 3.63) is 35.8 Å². The molecule has 0 bridgehead atoms. The van der Waals surface area contributed by atoms with Gasteiger partial charge in [0, 0.05) is 5.39 Å². The van der Waals surface area contributed by atoms with Gasteiger partial charge in [-0.3, -0.25) is 0 Å². The Bertz CT molecular complexity index is 475. The molecular weight excluding hydrogens is 173 g/mol. The monoisotopic (exact) mass is 179 g/mol. The summed E-state index contributed by atoms with van der Waals surface area (Å²) in [7, 11) is 0. The Kier molecular flexibility index (Phi) is 1.55. The van der Waals surface area contributed by atoms with E-state index in [1.54, 1.807) is 6.07 Å². The van der Waals surface area contributed by atoms with E-state index in [-0.39, 0.29) is 11.2 Å². The molecular formula is C9H6FNO2. The highest BCUT2D eigenvalue weighted by Gasteiger charge is 2.09. The Morgan fingerprint density at radius 3 is 2.85 bits per heavy atom. The van der Waals surface area contributed by atoms with Crippen LogP contribution >= 0.6 is 0 Å². The summed E-state index contributed by atoms with van der Waals surface area (Å²) in [5, 5.41) is 9.19. The summed E-state index contributed by atoms with van der Waals surface area (Å²) in [4.78, 5) is 13.0. The van der Waals surface area contributed by atoms with E-state index in [4.69, 9.17) is 5.11 Å². The van der Waals surface area contributed by atoms with Crippen LogP contribution in [-0.2, 0) is 0 Å². The van der Waals surface area contributed by atoms with Crippen LogP contribution in [0.15, 0.2) is 24.3 Å². The molecule has 13 heavy (non-hydrogen) atoms. The molecule has 66 valence electrons. The molecule has 2 aromatic rings. The summed E-state index contributed by atoms with van der Waals surface area (Å²) < 4.78 is 13.0. The molecule has 4 heteroatoms. The van der Waals surface area contributed by atoms with Gasteiger partial charge in [-0.25, -0.2) is 9.18 Å². The second kappa shape index (κ2) is 2.58. The first-order valence-corrected chi connectivity index (χ1v) is 3.69. The number of aromatic carboxylic acids is 1. The molecule has 1 heterocycles. The number of nitrogens with one attached hydrogen (secondary N) is 1. The fourth-order valence-corrected chi connectivity index (χ4v) is 1.23. The number of H-pyrrole nitrogens is 1. The van der Waals surface area contributed by atoms with Crippen molar-refractivity contribution < 1.29 is 14.3 Å². The second-order valence-corrected chi connectivity index (χ2v) is 2.69. The largest absolute Gasteiger partial charge is 0.477 e. The molecule has 0 aliphatic rings. The molecule has 0 spiro atoms. The van der Waals surface area contributed by atoms with Crippen LogP contribution in [0.25, 0.3) is 10.9 Å². The highest BCUT2D eigenvalue weighted by Crippen LogP contribution is 2.17. The number of aromatic nitrogens is 1. The standard InChI is InChI=1S/C9H6FNO2/c10-6-3-1-2-5-4-7(9(12)13)11-8(5)6/h1-4,11H,(H,12,13). The molecule has 0 saturated carbocycles. The first-order valence-electron chi connectivity index (χ1n) is 3.69. The molecule has 0 atom stereocenters. The molecule has 0 amide bonds. The minimum Gasteiger partial charge on any atom is -0.477 e. The smallest absolute Gasteiger partial charge is 0.352 e. The van der Waals surface area contributed by atoms with Gasteiger partial charge in [0.05, 0.1) is 5.52 Å². The Labute approximate surface area is 72.8 Å². The number of fused-ring (bicyclic) bond motifs is 1. The number of hydrogen-bond acceptors (Lipinski definition) is 1. The van der Waals surface area contributed by atoms with E-state index >= 15 is 0 Å². The summed E-state index contributed by atoms with van der Waals surface area (Å²) in [6.07, 6.45) is 0. The zero-order valence-electron chi connectivity index (χ0n) is 6.54. The zero-order chi connectivity index (χ0) is 9.42. The lowest BCUT2D eigenvalue weighted by molar-refractivity contribution is 0.0691. The van der Waals surface area contributed by atoms with Crippen LogP contribution in [0.5, 0.6) is 0 Å². The molecule has 2 rings (SSSR count). The predicted molar refractivity (Wildman–Crippen MR) is 45.2 cm³/mol. The van der Waals surface area contributed by atoms with Crippen LogP contribution in [0.2, 0.25) is 0 Å². The van der Waals surface area contributed by atoms with E-state index in [0.29, 0.717) is 5.39 Å². The van der Waals surface area contributed by atoms with E-state index in [1.165, 1.54) is 18.2 Å². The van der Waals surface area contributed by atoms with Gasteiger partial charge in [0.1, 0.15) is 11.5 Å². The van der Waals surface area contributed by atoms with Crippen LogP contribution in [0.1, 0.15) is 10.5 Å². The molecule has 0 unspecified atom stereocenters. The van der Waals surface area contributed by atoms with Gasteiger partial charge in [0.15, 0.2) is 0 Å². The Balaban J connectivity index is 2.75. The number of hydrogen-bond donors (Lipinski definition) is 2.